The van der Waals surface area contributed by atoms with Crippen LogP contribution < -0.4 is 5.32 Å². The molecule has 2 N–H and O–H groups in total. The minimum Gasteiger partial charge on any atom is -0.388 e. The summed E-state index contributed by atoms with van der Waals surface area (Å²) < 4.78 is 13.5. The zero-order valence-electron chi connectivity index (χ0n) is 9.76. The van der Waals surface area contributed by atoms with Gasteiger partial charge in [-0.3, -0.25) is 4.79 Å². The third kappa shape index (κ3) is 4.09. The predicted octanol–water partition coefficient (Wildman–Crippen LogP) is 2.48. The molecule has 0 bridgehead atoms. The fraction of sp³-hybridized carbons (Fsp3) is 0.417. The van der Waals surface area contributed by atoms with E-state index < -0.39 is 17.3 Å². The zero-order valence-corrected chi connectivity index (χ0v) is 11.3. The zero-order chi connectivity index (χ0) is 13.1. The largest absolute Gasteiger partial charge is 0.388 e. The number of carbonyl (C=O) groups is 1. The molecule has 0 aliphatic carbocycles. The molecule has 94 valence electrons. The fourth-order valence-electron chi connectivity index (χ4n) is 1.14. The van der Waals surface area contributed by atoms with Crippen molar-refractivity contribution in [1.29, 1.82) is 0 Å². The highest BCUT2D eigenvalue weighted by Crippen LogP contribution is 2.16. The van der Waals surface area contributed by atoms with Crippen molar-refractivity contribution in [3.63, 3.8) is 0 Å². The lowest BCUT2D eigenvalue weighted by Gasteiger charge is -2.21. The summed E-state index contributed by atoms with van der Waals surface area (Å²) in [7, 11) is 0. The Morgan fingerprint density at radius 3 is 2.76 bits per heavy atom. The summed E-state index contributed by atoms with van der Waals surface area (Å²) in [6.45, 7) is 3.60. The molecule has 17 heavy (non-hydrogen) atoms. The predicted molar refractivity (Wildman–Crippen MR) is 67.3 cm³/mol. The van der Waals surface area contributed by atoms with E-state index in [1.165, 1.54) is 12.1 Å². The Morgan fingerprint density at radius 2 is 2.24 bits per heavy atom. The smallest absolute Gasteiger partial charge is 0.251 e. The Balaban J connectivity index is 2.68. The summed E-state index contributed by atoms with van der Waals surface area (Å²) >= 11 is 3.01. The molecule has 0 saturated heterocycles. The van der Waals surface area contributed by atoms with Gasteiger partial charge in [-0.2, -0.15) is 0 Å². The van der Waals surface area contributed by atoms with Crippen LogP contribution in [0.15, 0.2) is 22.7 Å². The number of carbonyl (C=O) groups excluding carboxylic acids is 1. The number of nitrogens with one attached hydrogen (secondary N) is 1. The first-order valence-electron chi connectivity index (χ1n) is 5.31. The lowest BCUT2D eigenvalue weighted by atomic mass is 10.0. The first kappa shape index (κ1) is 14.1. The third-order valence-electron chi connectivity index (χ3n) is 2.57. The van der Waals surface area contributed by atoms with Crippen LogP contribution in [0.25, 0.3) is 0 Å². The Kier molecular flexibility index (Phi) is 4.65. The molecule has 0 fully saturated rings. The van der Waals surface area contributed by atoms with E-state index in [4.69, 9.17) is 0 Å². The van der Waals surface area contributed by atoms with Crippen LogP contribution in [0.4, 0.5) is 4.39 Å². The van der Waals surface area contributed by atoms with Crippen LogP contribution in [0.5, 0.6) is 0 Å². The van der Waals surface area contributed by atoms with Crippen LogP contribution in [-0.4, -0.2) is 23.2 Å². The van der Waals surface area contributed by atoms with E-state index in [0.717, 1.165) is 6.07 Å². The quantitative estimate of drug-likeness (QED) is 0.898. The van der Waals surface area contributed by atoms with E-state index in [1.807, 2.05) is 6.92 Å². The molecule has 0 saturated carbocycles. The van der Waals surface area contributed by atoms with Gasteiger partial charge in [-0.05, 0) is 47.5 Å². The summed E-state index contributed by atoms with van der Waals surface area (Å²) in [6.07, 6.45) is 0.530. The molecule has 1 aromatic rings. The fourth-order valence-corrected chi connectivity index (χ4v) is 1.38. The van der Waals surface area contributed by atoms with Crippen molar-refractivity contribution in [2.75, 3.05) is 6.54 Å². The summed E-state index contributed by atoms with van der Waals surface area (Å²) in [5.41, 5.74) is -0.707. The van der Waals surface area contributed by atoms with E-state index in [0.29, 0.717) is 10.9 Å². The first-order chi connectivity index (χ1) is 7.85. The molecule has 0 spiro atoms. The molecule has 1 unspecified atom stereocenters. The molecule has 3 nitrogen and oxygen atoms in total. The van der Waals surface area contributed by atoms with E-state index in [1.54, 1.807) is 6.92 Å². The molecular weight excluding hydrogens is 289 g/mol. The number of rotatable bonds is 4. The highest BCUT2D eigenvalue weighted by Gasteiger charge is 2.19. The molecule has 1 rings (SSSR count). The average molecular weight is 304 g/mol. The van der Waals surface area contributed by atoms with Crippen LogP contribution in [0.2, 0.25) is 0 Å². The summed E-state index contributed by atoms with van der Waals surface area (Å²) in [6, 6.07) is 4.14. The van der Waals surface area contributed by atoms with E-state index in [2.05, 4.69) is 21.2 Å². The van der Waals surface area contributed by atoms with Crippen molar-refractivity contribution in [3.05, 3.63) is 34.1 Å². The number of hydrogen-bond acceptors (Lipinski definition) is 2. The minimum atomic E-state index is -0.941. The molecule has 0 aromatic heterocycles. The second-order valence-electron chi connectivity index (χ2n) is 4.16. The van der Waals surface area contributed by atoms with Gasteiger partial charge in [0.2, 0.25) is 0 Å². The maximum absolute atomic E-state index is 13.2. The standard InChI is InChI=1S/C12H15BrFNO2/c1-3-12(2,17)7-15-11(16)8-4-5-9(13)10(14)6-8/h4-6,17H,3,7H2,1-2H3,(H,15,16). The molecular formula is C12H15BrFNO2. The lowest BCUT2D eigenvalue weighted by Crippen LogP contribution is -2.40. The van der Waals surface area contributed by atoms with Gasteiger partial charge in [0.25, 0.3) is 5.91 Å². The Labute approximate surface area is 108 Å². The minimum absolute atomic E-state index is 0.139. The Morgan fingerprint density at radius 1 is 1.59 bits per heavy atom. The lowest BCUT2D eigenvalue weighted by molar-refractivity contribution is 0.0518. The molecule has 0 heterocycles. The van der Waals surface area contributed by atoms with E-state index in [9.17, 15) is 14.3 Å². The molecule has 1 aromatic carbocycles. The van der Waals surface area contributed by atoms with Crippen molar-refractivity contribution in [1.82, 2.24) is 5.32 Å². The van der Waals surface area contributed by atoms with Gasteiger partial charge < -0.3 is 10.4 Å². The maximum atomic E-state index is 13.2. The van der Waals surface area contributed by atoms with Crippen molar-refractivity contribution >= 4 is 21.8 Å². The topological polar surface area (TPSA) is 49.3 Å². The van der Waals surface area contributed by atoms with Gasteiger partial charge in [-0.1, -0.05) is 6.92 Å². The van der Waals surface area contributed by atoms with Crippen LogP contribution in [-0.2, 0) is 0 Å². The van der Waals surface area contributed by atoms with Gasteiger partial charge in [0.05, 0.1) is 10.1 Å². The van der Waals surface area contributed by atoms with Gasteiger partial charge in [0.1, 0.15) is 5.82 Å². The number of benzene rings is 1. The highest BCUT2D eigenvalue weighted by molar-refractivity contribution is 9.10. The van der Waals surface area contributed by atoms with Gasteiger partial charge >= 0.3 is 0 Å². The Hall–Kier alpha value is -0.940. The molecule has 0 radical (unpaired) electrons. The average Bonchev–Trinajstić information content (AvgIpc) is 2.30. The van der Waals surface area contributed by atoms with E-state index in [-0.39, 0.29) is 12.1 Å². The van der Waals surface area contributed by atoms with Gasteiger partial charge in [0.15, 0.2) is 0 Å². The van der Waals surface area contributed by atoms with Crippen LogP contribution in [0.3, 0.4) is 0 Å². The number of halogens is 2. The first-order valence-corrected chi connectivity index (χ1v) is 6.10. The number of aliphatic hydroxyl groups is 1. The van der Waals surface area contributed by atoms with Crippen LogP contribution >= 0.6 is 15.9 Å². The third-order valence-corrected chi connectivity index (χ3v) is 3.22. The molecule has 5 heteroatoms. The van der Waals surface area contributed by atoms with Crippen molar-refractivity contribution in [2.45, 2.75) is 25.9 Å². The van der Waals surface area contributed by atoms with Crippen LogP contribution in [0, 0.1) is 5.82 Å². The second-order valence-corrected chi connectivity index (χ2v) is 5.02. The van der Waals surface area contributed by atoms with Crippen molar-refractivity contribution < 1.29 is 14.3 Å². The number of hydrogen-bond donors (Lipinski definition) is 2. The monoisotopic (exact) mass is 303 g/mol. The molecule has 1 amide bonds. The summed E-state index contributed by atoms with van der Waals surface area (Å²) in [5.74, 6) is -0.884. The van der Waals surface area contributed by atoms with Crippen molar-refractivity contribution in [2.24, 2.45) is 0 Å². The Bertz CT molecular complexity index is 421. The highest BCUT2D eigenvalue weighted by atomic mass is 79.9. The summed E-state index contributed by atoms with van der Waals surface area (Å²) in [4.78, 5) is 11.7. The SMILES string of the molecule is CCC(C)(O)CNC(=O)c1ccc(Br)c(F)c1. The van der Waals surface area contributed by atoms with Gasteiger partial charge in [-0.25, -0.2) is 4.39 Å². The molecule has 0 aliphatic heterocycles. The maximum Gasteiger partial charge on any atom is 0.251 e. The normalized spacial score (nSPS) is 14.2. The number of amides is 1. The summed E-state index contributed by atoms with van der Waals surface area (Å²) in [5, 5.41) is 12.3. The molecule has 0 aliphatic rings. The van der Waals surface area contributed by atoms with Crippen molar-refractivity contribution in [3.8, 4) is 0 Å². The van der Waals surface area contributed by atoms with Gasteiger partial charge in [-0.15, -0.1) is 0 Å². The van der Waals surface area contributed by atoms with E-state index >= 15 is 0 Å². The van der Waals surface area contributed by atoms with Gasteiger partial charge in [0, 0.05) is 12.1 Å². The second kappa shape index (κ2) is 5.60. The van der Waals surface area contributed by atoms with Crippen LogP contribution in [0.1, 0.15) is 30.6 Å². The molecule has 1 atom stereocenters.